The second kappa shape index (κ2) is 5.86. The van der Waals surface area contributed by atoms with Crippen molar-refractivity contribution in [3.63, 3.8) is 0 Å². The zero-order valence-electron chi connectivity index (χ0n) is 11.6. The smallest absolute Gasteiger partial charge is 0.262 e. The van der Waals surface area contributed by atoms with Gasteiger partial charge in [-0.3, -0.25) is 4.79 Å². The third-order valence-corrected chi connectivity index (χ3v) is 4.49. The summed E-state index contributed by atoms with van der Waals surface area (Å²) < 4.78 is 13.8. The predicted molar refractivity (Wildman–Crippen MR) is 89.0 cm³/mol. The summed E-state index contributed by atoms with van der Waals surface area (Å²) in [5.74, 6) is 0.118. The Morgan fingerprint density at radius 2 is 2.17 bits per heavy atom. The second-order valence-electron chi connectivity index (χ2n) is 4.59. The summed E-state index contributed by atoms with van der Waals surface area (Å²) in [6.07, 6.45) is 1.42. The number of nitrogens with one attached hydrogen (secondary N) is 1. The fourth-order valence-electron chi connectivity index (χ4n) is 2.11. The average Bonchev–Trinajstić information content (AvgIpc) is 3.22. The van der Waals surface area contributed by atoms with Gasteiger partial charge in [-0.2, -0.15) is 8.75 Å². The lowest BCUT2D eigenvalue weighted by atomic mass is 10.2. The third-order valence-electron chi connectivity index (χ3n) is 3.13. The highest BCUT2D eigenvalue weighted by Gasteiger charge is 2.11. The maximum atomic E-state index is 12.1. The molecule has 0 aliphatic heterocycles. The number of carbonyl (C=O) groups is 1. The van der Waals surface area contributed by atoms with Gasteiger partial charge in [-0.15, -0.1) is 11.3 Å². The fraction of sp³-hybridized carbons (Fsp3) is 0.0714. The molecule has 0 bridgehead atoms. The molecule has 0 aliphatic carbocycles. The summed E-state index contributed by atoms with van der Waals surface area (Å²) in [4.78, 5) is 21.1. The Bertz CT molecular complexity index is 997. The van der Waals surface area contributed by atoms with E-state index in [0.717, 1.165) is 27.5 Å². The Morgan fingerprint density at radius 3 is 3.13 bits per heavy atom. The van der Waals surface area contributed by atoms with E-state index in [0.29, 0.717) is 17.1 Å². The van der Waals surface area contributed by atoms with Crippen LogP contribution in [-0.4, -0.2) is 31.2 Å². The maximum absolute atomic E-state index is 12.1. The topological polar surface area (TPSA) is 89.9 Å². The van der Waals surface area contributed by atoms with Crippen molar-refractivity contribution in [1.29, 1.82) is 0 Å². The molecule has 0 saturated carbocycles. The lowest BCUT2D eigenvalue weighted by molar-refractivity contribution is -0.118. The van der Waals surface area contributed by atoms with Crippen LogP contribution in [0.4, 0.5) is 5.69 Å². The first-order valence-electron chi connectivity index (χ1n) is 6.63. The molecule has 9 heteroatoms. The van der Waals surface area contributed by atoms with Gasteiger partial charge in [0, 0.05) is 0 Å². The van der Waals surface area contributed by atoms with E-state index in [1.54, 1.807) is 6.07 Å². The molecule has 0 aliphatic rings. The standard InChI is InChI=1S/C14H9N5O2S2/c20-11(17-9-2-1-3-10-12(9)19-23-18-10)6-21-13-8-4-5-22-14(8)16-7-15-13/h1-5,7H,6H2,(H,17,20). The van der Waals surface area contributed by atoms with Crippen molar-refractivity contribution in [2.24, 2.45) is 0 Å². The normalized spacial score (nSPS) is 11.0. The lowest BCUT2D eigenvalue weighted by Gasteiger charge is -2.07. The Kier molecular flexibility index (Phi) is 3.56. The first-order valence-corrected chi connectivity index (χ1v) is 8.24. The van der Waals surface area contributed by atoms with Crippen molar-refractivity contribution in [2.45, 2.75) is 0 Å². The Labute approximate surface area is 138 Å². The van der Waals surface area contributed by atoms with Crippen LogP contribution in [0.3, 0.4) is 0 Å². The Morgan fingerprint density at radius 1 is 1.22 bits per heavy atom. The van der Waals surface area contributed by atoms with Crippen LogP contribution in [0.5, 0.6) is 5.88 Å². The number of aromatic nitrogens is 4. The van der Waals surface area contributed by atoms with Gasteiger partial charge in [-0.1, -0.05) is 6.07 Å². The first kappa shape index (κ1) is 14.0. The number of carbonyl (C=O) groups excluding carboxylic acids is 1. The highest BCUT2D eigenvalue weighted by Crippen LogP contribution is 2.25. The van der Waals surface area contributed by atoms with Crippen molar-refractivity contribution < 1.29 is 9.53 Å². The minimum atomic E-state index is -0.285. The van der Waals surface area contributed by atoms with Crippen LogP contribution >= 0.6 is 23.1 Å². The summed E-state index contributed by atoms with van der Waals surface area (Å²) in [6, 6.07) is 7.32. The molecular weight excluding hydrogens is 334 g/mol. The van der Waals surface area contributed by atoms with E-state index in [2.05, 4.69) is 24.0 Å². The van der Waals surface area contributed by atoms with Crippen molar-refractivity contribution in [3.05, 3.63) is 36.0 Å². The number of nitrogens with zero attached hydrogens (tertiary/aromatic N) is 4. The van der Waals surface area contributed by atoms with Crippen LogP contribution in [0.1, 0.15) is 0 Å². The molecule has 23 heavy (non-hydrogen) atoms. The van der Waals surface area contributed by atoms with Crippen LogP contribution in [0.25, 0.3) is 21.3 Å². The number of benzene rings is 1. The highest BCUT2D eigenvalue weighted by atomic mass is 32.1. The molecule has 7 nitrogen and oxygen atoms in total. The Balaban J connectivity index is 1.48. The average molecular weight is 343 g/mol. The molecule has 1 amide bonds. The van der Waals surface area contributed by atoms with Crippen molar-refractivity contribution in [1.82, 2.24) is 18.7 Å². The summed E-state index contributed by atoms with van der Waals surface area (Å²) in [7, 11) is 0. The number of amides is 1. The van der Waals surface area contributed by atoms with Gasteiger partial charge in [-0.05, 0) is 23.6 Å². The molecule has 4 rings (SSSR count). The molecular formula is C14H9N5O2S2. The SMILES string of the molecule is O=C(COc1ncnc2sccc12)Nc1cccc2nsnc12. The molecule has 1 aromatic carbocycles. The van der Waals surface area contributed by atoms with E-state index in [1.807, 2.05) is 23.6 Å². The number of ether oxygens (including phenoxy) is 1. The van der Waals surface area contributed by atoms with Gasteiger partial charge in [0.15, 0.2) is 6.61 Å². The molecule has 1 N–H and O–H groups in total. The minimum absolute atomic E-state index is 0.143. The molecule has 0 spiro atoms. The van der Waals surface area contributed by atoms with Gasteiger partial charge in [-0.25, -0.2) is 9.97 Å². The number of hydrogen-bond acceptors (Lipinski definition) is 8. The molecule has 0 fully saturated rings. The predicted octanol–water partition coefficient (Wildman–Crippen LogP) is 2.71. The number of fused-ring (bicyclic) bond motifs is 2. The van der Waals surface area contributed by atoms with Crippen LogP contribution < -0.4 is 10.1 Å². The van der Waals surface area contributed by atoms with Crippen LogP contribution in [0, 0.1) is 0 Å². The van der Waals surface area contributed by atoms with Gasteiger partial charge in [0.05, 0.1) is 22.8 Å². The molecule has 0 saturated heterocycles. The van der Waals surface area contributed by atoms with Crippen molar-refractivity contribution in [3.8, 4) is 5.88 Å². The lowest BCUT2D eigenvalue weighted by Crippen LogP contribution is -2.20. The minimum Gasteiger partial charge on any atom is -0.467 e. The van der Waals surface area contributed by atoms with Gasteiger partial charge in [0.25, 0.3) is 5.91 Å². The van der Waals surface area contributed by atoms with E-state index in [9.17, 15) is 4.79 Å². The van der Waals surface area contributed by atoms with E-state index in [-0.39, 0.29) is 12.5 Å². The molecule has 0 unspecified atom stereocenters. The second-order valence-corrected chi connectivity index (χ2v) is 6.02. The van der Waals surface area contributed by atoms with E-state index < -0.39 is 0 Å². The van der Waals surface area contributed by atoms with Gasteiger partial charge >= 0.3 is 0 Å². The monoisotopic (exact) mass is 343 g/mol. The van der Waals surface area contributed by atoms with Gasteiger partial charge in [0.2, 0.25) is 5.88 Å². The number of hydrogen-bond donors (Lipinski definition) is 1. The summed E-state index contributed by atoms with van der Waals surface area (Å²) in [6.45, 7) is -0.143. The zero-order chi connectivity index (χ0) is 15.6. The zero-order valence-corrected chi connectivity index (χ0v) is 13.2. The Hall–Kier alpha value is -2.65. The van der Waals surface area contributed by atoms with Crippen LogP contribution in [0.15, 0.2) is 36.0 Å². The largest absolute Gasteiger partial charge is 0.467 e. The first-order chi connectivity index (χ1) is 11.3. The maximum Gasteiger partial charge on any atom is 0.262 e. The summed E-state index contributed by atoms with van der Waals surface area (Å²) >= 11 is 2.60. The number of anilines is 1. The highest BCUT2D eigenvalue weighted by molar-refractivity contribution is 7.16. The fourth-order valence-corrected chi connectivity index (χ4v) is 3.38. The van der Waals surface area contributed by atoms with Crippen molar-refractivity contribution >= 4 is 55.9 Å². The van der Waals surface area contributed by atoms with Gasteiger partial charge in [0.1, 0.15) is 22.2 Å². The van der Waals surface area contributed by atoms with E-state index >= 15 is 0 Å². The summed E-state index contributed by atoms with van der Waals surface area (Å²) in [5, 5.41) is 5.49. The van der Waals surface area contributed by atoms with Gasteiger partial charge < -0.3 is 10.1 Å². The molecule has 3 heterocycles. The molecule has 0 radical (unpaired) electrons. The quantitative estimate of drug-likeness (QED) is 0.613. The molecule has 114 valence electrons. The van der Waals surface area contributed by atoms with E-state index in [4.69, 9.17) is 4.74 Å². The number of thiophene rings is 1. The molecule has 4 aromatic rings. The molecule has 0 atom stereocenters. The van der Waals surface area contributed by atoms with Crippen LogP contribution in [0.2, 0.25) is 0 Å². The van der Waals surface area contributed by atoms with Crippen LogP contribution in [-0.2, 0) is 4.79 Å². The van der Waals surface area contributed by atoms with Crippen molar-refractivity contribution in [2.75, 3.05) is 11.9 Å². The third kappa shape index (κ3) is 2.71. The van der Waals surface area contributed by atoms with E-state index in [1.165, 1.54) is 17.7 Å². The number of rotatable bonds is 4. The summed E-state index contributed by atoms with van der Waals surface area (Å²) in [5.41, 5.74) is 2.05. The molecule has 3 aromatic heterocycles.